The van der Waals surface area contributed by atoms with Crippen LogP contribution < -0.4 is 41.5 Å². The van der Waals surface area contributed by atoms with Gasteiger partial charge in [0, 0.05) is 96.1 Å². The summed E-state index contributed by atoms with van der Waals surface area (Å²) in [6.07, 6.45) is 8.48. The highest BCUT2D eigenvalue weighted by molar-refractivity contribution is 7.24. The molecule has 22 aromatic carbocycles. The number of aromatic nitrogens is 7. The standard InChI is InChI=1S/C49H31N3.C49H32N2Si.C43H28N2Si/c1-4-15-32(16-5-1)34-18-14-23-37(29-34)52-43-26-13-12-25-39(43)42-31-50-46-45-41(30-51-47(46)48(42)52)40-28-27-33-17-10-11-24-38(33)44(40)49(45,35-19-6-2-7-20-35)36-21-8-3-9-22-36;1-4-14-33(15-5-1)34-24-27-36(28-25-34)51-44-23-13-12-22-40(44)43-32-50-47-42(48(43)51)30-29-41-46-39-21-11-10-16-35(39)26-31-45(46)52(49(41)47,37-17-6-2-7-18-37)38-19-8-3-9-20-38;1-4-15-30(16-5-1)45-39-23-13-12-22-34(39)38-28-44-40-37(41(38)45)27-26-36-35-25-24-29-14-10-11-21-33(29)42(35)46(43(36)40,31-17-6-2-7-18-31)32-19-8-3-9-20-32/h1-31H;1-32H;1-28H. The summed E-state index contributed by atoms with van der Waals surface area (Å²) in [6.45, 7) is 0. The van der Waals surface area contributed by atoms with Crippen LogP contribution in [0.15, 0.2) is 553 Å². The van der Waals surface area contributed by atoms with Crippen LogP contribution in [-0.2, 0) is 5.41 Å². The van der Waals surface area contributed by atoms with Crippen molar-refractivity contribution in [2.45, 2.75) is 5.41 Å². The third-order valence-corrected chi connectivity index (χ3v) is 42.3. The molecule has 0 N–H and O–H groups in total. The zero-order valence-corrected chi connectivity index (χ0v) is 83.7. The fraction of sp³-hybridized carbons (Fsp3) is 0.00709. The molecule has 32 rings (SSSR count). The highest BCUT2D eigenvalue weighted by atomic mass is 28.3. The summed E-state index contributed by atoms with van der Waals surface area (Å²) >= 11 is 0. The number of nitrogens with zero attached hydrogens (tertiary/aromatic N) is 7. The van der Waals surface area contributed by atoms with Crippen LogP contribution in [0.5, 0.6) is 0 Å². The minimum atomic E-state index is -2.85. The van der Waals surface area contributed by atoms with Gasteiger partial charge in [0.05, 0.1) is 55.1 Å². The van der Waals surface area contributed by atoms with Gasteiger partial charge in [0.2, 0.25) is 0 Å². The molecule has 0 saturated heterocycles. The Balaban J connectivity index is 0.000000104. The third-order valence-electron chi connectivity index (χ3n) is 32.5. The van der Waals surface area contributed by atoms with Gasteiger partial charge in [-0.2, -0.15) is 0 Å². The Bertz CT molecular complexity index is 10400. The quantitative estimate of drug-likeness (QED) is 0.121. The zero-order valence-electron chi connectivity index (χ0n) is 81.7. The van der Waals surface area contributed by atoms with E-state index in [-0.39, 0.29) is 0 Å². The summed E-state index contributed by atoms with van der Waals surface area (Å²) in [5.41, 5.74) is 31.1. The molecule has 29 aromatic rings. The molecule has 2 aliphatic heterocycles. The maximum absolute atomic E-state index is 5.52. The Labute approximate surface area is 868 Å². The molecule has 150 heavy (non-hydrogen) atoms. The first-order valence-corrected chi connectivity index (χ1v) is 55.7. The third kappa shape index (κ3) is 12.7. The van der Waals surface area contributed by atoms with Crippen LogP contribution in [0.25, 0.3) is 203 Å². The van der Waals surface area contributed by atoms with E-state index in [0.717, 1.165) is 66.5 Å². The SMILES string of the molecule is c1ccc(-c2ccc(-n3c4ccccc4c4cnc5c6c(ccc5c43)-c3c(ccc4ccccc34)[Si]6(c3ccccc3)c3ccccc3)cc2)cc1.c1ccc(-c2cccc(-n3c4ccccc4c4cnc5c6c(cnc5c43)-c3ccc4ccccc4c3C6(c3ccccc3)c3ccccc3)c2)cc1.c1ccc(-n2c3ccccc3c3cnc4c5c(ccc4c32)-c2ccc3ccccc3c2[Si]5(c2ccccc2)c2ccccc2)cc1. The van der Waals surface area contributed by atoms with Crippen molar-refractivity contribution in [1.82, 2.24) is 33.6 Å². The van der Waals surface area contributed by atoms with Gasteiger partial charge in [-0.1, -0.05) is 473 Å². The first-order valence-electron chi connectivity index (χ1n) is 51.7. The van der Waals surface area contributed by atoms with Gasteiger partial charge in [-0.25, -0.2) is 0 Å². The van der Waals surface area contributed by atoms with E-state index in [2.05, 4.69) is 566 Å². The van der Waals surface area contributed by atoms with Crippen LogP contribution in [-0.4, -0.2) is 49.8 Å². The molecule has 7 nitrogen and oxygen atoms in total. The lowest BCUT2D eigenvalue weighted by Crippen LogP contribution is -2.73. The molecule has 0 unspecified atom stereocenters. The largest absolute Gasteiger partial charge is 0.309 e. The van der Waals surface area contributed by atoms with Crippen molar-refractivity contribution in [2.24, 2.45) is 0 Å². The molecule has 0 saturated carbocycles. The van der Waals surface area contributed by atoms with Gasteiger partial charge in [-0.15, -0.1) is 0 Å². The van der Waals surface area contributed by atoms with Crippen molar-refractivity contribution in [3.8, 4) is 72.7 Å². The number of hydrogen-bond acceptors (Lipinski definition) is 4. The normalized spacial score (nSPS) is 13.2. The Morgan fingerprint density at radius 3 is 1.07 bits per heavy atom. The van der Waals surface area contributed by atoms with E-state index in [1.54, 1.807) is 0 Å². The number of fused-ring (bicyclic) bond motifs is 33. The van der Waals surface area contributed by atoms with Crippen LogP contribution in [0.2, 0.25) is 0 Å². The molecular weight excluding hydrogens is 1850 g/mol. The molecule has 0 radical (unpaired) electrons. The molecule has 9 heteroatoms. The molecule has 3 aliphatic rings. The minimum absolute atomic E-state index is 0.639. The van der Waals surface area contributed by atoms with Crippen molar-refractivity contribution in [3.05, 3.63) is 575 Å². The average molecular weight is 1940 g/mol. The molecule has 0 amide bonds. The lowest BCUT2D eigenvalue weighted by atomic mass is 9.66. The van der Waals surface area contributed by atoms with Crippen LogP contribution in [0.1, 0.15) is 22.3 Å². The Hall–Kier alpha value is -19.2. The maximum Gasteiger partial charge on any atom is 0.184 e. The molecular formula is C141H91N7Si2. The van der Waals surface area contributed by atoms with Crippen molar-refractivity contribution in [3.63, 3.8) is 0 Å². The Kier molecular flexibility index (Phi) is 19.9. The second-order valence-electron chi connectivity index (χ2n) is 39.9. The molecule has 698 valence electrons. The lowest BCUT2D eigenvalue weighted by Gasteiger charge is -2.35. The van der Waals surface area contributed by atoms with Gasteiger partial charge in [-0.05, 0) is 195 Å². The first-order chi connectivity index (χ1) is 74.5. The van der Waals surface area contributed by atoms with E-state index in [0.29, 0.717) is 0 Å². The van der Waals surface area contributed by atoms with Gasteiger partial charge in [0.25, 0.3) is 0 Å². The van der Waals surface area contributed by atoms with Gasteiger partial charge >= 0.3 is 0 Å². The van der Waals surface area contributed by atoms with Crippen molar-refractivity contribution in [2.75, 3.05) is 0 Å². The summed E-state index contributed by atoms with van der Waals surface area (Å²) in [5.74, 6) is 0. The van der Waals surface area contributed by atoms with Crippen LogP contribution in [0.4, 0.5) is 0 Å². The van der Waals surface area contributed by atoms with E-state index in [1.807, 2.05) is 0 Å². The van der Waals surface area contributed by atoms with Crippen LogP contribution >= 0.6 is 0 Å². The second kappa shape index (κ2) is 34.5. The van der Waals surface area contributed by atoms with Crippen LogP contribution in [0.3, 0.4) is 0 Å². The van der Waals surface area contributed by atoms with E-state index in [4.69, 9.17) is 19.9 Å². The smallest absolute Gasteiger partial charge is 0.184 e. The predicted molar refractivity (Wildman–Crippen MR) is 632 cm³/mol. The number of benzene rings is 22. The van der Waals surface area contributed by atoms with E-state index in [9.17, 15) is 0 Å². The molecule has 1 aliphatic carbocycles. The second-order valence-corrected chi connectivity index (χ2v) is 47.2. The predicted octanol–water partition coefficient (Wildman–Crippen LogP) is 29.3. The van der Waals surface area contributed by atoms with E-state index < -0.39 is 21.6 Å². The molecule has 9 heterocycles. The summed E-state index contributed by atoms with van der Waals surface area (Å²) in [6, 6.07) is 193. The summed E-state index contributed by atoms with van der Waals surface area (Å²) < 4.78 is 7.29. The fourth-order valence-corrected chi connectivity index (χ4v) is 37.3. The maximum atomic E-state index is 5.52. The zero-order chi connectivity index (χ0) is 98.7. The lowest BCUT2D eigenvalue weighted by molar-refractivity contribution is 0.779. The van der Waals surface area contributed by atoms with Gasteiger partial charge < -0.3 is 13.7 Å². The Morgan fingerprint density at radius 2 is 0.540 bits per heavy atom. The number of pyridine rings is 4. The summed E-state index contributed by atoms with van der Waals surface area (Å²) in [4.78, 5) is 21.8. The highest BCUT2D eigenvalue weighted by Gasteiger charge is 2.54. The summed E-state index contributed by atoms with van der Waals surface area (Å²) in [7, 11) is -5.70. The Morgan fingerprint density at radius 1 is 0.187 bits per heavy atom. The molecule has 0 bridgehead atoms. The molecule has 0 atom stereocenters. The van der Waals surface area contributed by atoms with Crippen LogP contribution in [0, 0.1) is 0 Å². The highest BCUT2D eigenvalue weighted by Crippen LogP contribution is 2.60. The van der Waals surface area contributed by atoms with Gasteiger partial charge in [0.1, 0.15) is 5.52 Å². The van der Waals surface area contributed by atoms with E-state index in [1.165, 1.54) is 201 Å². The number of rotatable bonds is 11. The van der Waals surface area contributed by atoms with Crippen molar-refractivity contribution >= 4 is 188 Å². The van der Waals surface area contributed by atoms with Gasteiger partial charge in [-0.3, -0.25) is 19.9 Å². The molecule has 0 spiro atoms. The number of hydrogen-bond donors (Lipinski definition) is 0. The van der Waals surface area contributed by atoms with Crippen molar-refractivity contribution < 1.29 is 0 Å². The molecule has 7 aromatic heterocycles. The fourth-order valence-electron chi connectivity index (χ4n) is 26.5. The van der Waals surface area contributed by atoms with Crippen molar-refractivity contribution in [1.29, 1.82) is 0 Å². The topological polar surface area (TPSA) is 66.3 Å². The van der Waals surface area contributed by atoms with E-state index >= 15 is 0 Å². The average Bonchev–Trinajstić information content (AvgIpc) is 1.49. The number of para-hydroxylation sites is 4. The first kappa shape index (κ1) is 86.3. The van der Waals surface area contributed by atoms with Gasteiger partial charge in [0.15, 0.2) is 16.1 Å². The molecule has 0 fully saturated rings. The summed E-state index contributed by atoms with van der Waals surface area (Å²) in [5, 5.41) is 28.2. The monoisotopic (exact) mass is 1940 g/mol. The minimum Gasteiger partial charge on any atom is -0.309 e.